The molecule has 0 bridgehead atoms. The van der Waals surface area contributed by atoms with Crippen molar-refractivity contribution >= 4 is 52.5 Å². The van der Waals surface area contributed by atoms with E-state index in [-0.39, 0.29) is 5.56 Å². The minimum absolute atomic E-state index is 0.278. The van der Waals surface area contributed by atoms with Crippen molar-refractivity contribution in [2.24, 2.45) is 0 Å². The molecule has 3 amide bonds. The van der Waals surface area contributed by atoms with Crippen LogP contribution in [-0.2, 0) is 9.59 Å². The molecule has 0 aliphatic carbocycles. The molecule has 1 aliphatic heterocycles. The number of rotatable bonds is 2. The van der Waals surface area contributed by atoms with Crippen LogP contribution in [0.3, 0.4) is 0 Å². The van der Waals surface area contributed by atoms with Crippen LogP contribution < -0.4 is 5.43 Å². The van der Waals surface area contributed by atoms with Crippen LogP contribution in [0, 0.1) is 6.92 Å². The third-order valence-electron chi connectivity index (χ3n) is 2.18. The zero-order valence-electron chi connectivity index (χ0n) is 8.86. The van der Waals surface area contributed by atoms with E-state index in [0.717, 1.165) is 11.5 Å². The summed E-state index contributed by atoms with van der Waals surface area (Å²) in [5.41, 5.74) is 2.91. The van der Waals surface area contributed by atoms with Crippen LogP contribution in [0.1, 0.15) is 16.1 Å². The van der Waals surface area contributed by atoms with Gasteiger partial charge in [0.25, 0.3) is 17.7 Å². The summed E-state index contributed by atoms with van der Waals surface area (Å²) < 4.78 is 3.91. The normalized spacial score (nSPS) is 15.6. The van der Waals surface area contributed by atoms with E-state index in [2.05, 4.69) is 9.80 Å². The molecule has 0 radical (unpaired) electrons. The van der Waals surface area contributed by atoms with E-state index in [1.807, 2.05) is 0 Å². The van der Waals surface area contributed by atoms with Gasteiger partial charge in [0.1, 0.15) is 10.1 Å². The average molecular weight is 306 g/mol. The van der Waals surface area contributed by atoms with E-state index in [1.165, 1.54) is 5.38 Å². The molecule has 0 fully saturated rings. The third kappa shape index (κ3) is 2.00. The van der Waals surface area contributed by atoms with Crippen molar-refractivity contribution in [1.29, 1.82) is 0 Å². The second kappa shape index (κ2) is 4.68. The summed E-state index contributed by atoms with van der Waals surface area (Å²) in [4.78, 5) is 34.8. The Balaban J connectivity index is 2.18. The smallest absolute Gasteiger partial charge is 0.267 e. The second-order valence-corrected chi connectivity index (χ2v) is 4.71. The van der Waals surface area contributed by atoms with E-state index < -0.39 is 27.8 Å². The van der Waals surface area contributed by atoms with Crippen molar-refractivity contribution in [3.05, 3.63) is 26.7 Å². The Bertz CT molecular complexity index is 572. The number of nitrogens with one attached hydrogen (secondary N) is 1. The first kappa shape index (κ1) is 13.0. The fraction of sp³-hybridized carbons (Fsp3) is 0.111. The lowest BCUT2D eigenvalue weighted by Gasteiger charge is -2.14. The first-order chi connectivity index (χ1) is 8.43. The molecule has 1 aliphatic rings. The highest BCUT2D eigenvalue weighted by Gasteiger charge is 2.38. The van der Waals surface area contributed by atoms with Crippen molar-refractivity contribution in [1.82, 2.24) is 14.8 Å². The lowest BCUT2D eigenvalue weighted by molar-refractivity contribution is -0.139. The quantitative estimate of drug-likeness (QED) is 0.831. The topological polar surface area (TPSA) is 79.4 Å². The lowest BCUT2D eigenvalue weighted by atomic mass is 10.2. The molecule has 6 nitrogen and oxygen atoms in total. The van der Waals surface area contributed by atoms with E-state index in [4.69, 9.17) is 23.2 Å². The SMILES string of the molecule is Cc1nscc1C(=O)NN1C(=O)C(Cl)=C(Cl)C1=O. The van der Waals surface area contributed by atoms with Crippen molar-refractivity contribution in [3.8, 4) is 0 Å². The van der Waals surface area contributed by atoms with E-state index in [1.54, 1.807) is 6.92 Å². The first-order valence-corrected chi connectivity index (χ1v) is 6.18. The van der Waals surface area contributed by atoms with Crippen LogP contribution >= 0.6 is 34.7 Å². The van der Waals surface area contributed by atoms with Gasteiger partial charge in [-0.25, -0.2) is 0 Å². The monoisotopic (exact) mass is 305 g/mol. The van der Waals surface area contributed by atoms with Crippen LogP contribution in [0.2, 0.25) is 0 Å². The van der Waals surface area contributed by atoms with Gasteiger partial charge in [-0.3, -0.25) is 19.8 Å². The number of aromatic nitrogens is 1. The van der Waals surface area contributed by atoms with Gasteiger partial charge in [-0.15, -0.1) is 0 Å². The number of hydrogen-bond donors (Lipinski definition) is 1. The van der Waals surface area contributed by atoms with Gasteiger partial charge in [0.2, 0.25) is 0 Å². The van der Waals surface area contributed by atoms with Gasteiger partial charge in [-0.2, -0.15) is 9.38 Å². The van der Waals surface area contributed by atoms with Crippen molar-refractivity contribution in [2.75, 3.05) is 0 Å². The molecule has 18 heavy (non-hydrogen) atoms. The zero-order chi connectivity index (χ0) is 13.4. The van der Waals surface area contributed by atoms with E-state index in [0.29, 0.717) is 10.7 Å². The van der Waals surface area contributed by atoms with Gasteiger partial charge in [0.05, 0.1) is 11.3 Å². The molecule has 0 unspecified atom stereocenters. The van der Waals surface area contributed by atoms with Crippen molar-refractivity contribution < 1.29 is 14.4 Å². The number of carbonyl (C=O) groups is 3. The predicted octanol–water partition coefficient (Wildman–Crippen LogP) is 1.15. The lowest BCUT2D eigenvalue weighted by Crippen LogP contribution is -2.46. The maximum atomic E-state index is 11.8. The Hall–Kier alpha value is -1.44. The summed E-state index contributed by atoms with van der Waals surface area (Å²) in [6, 6.07) is 0. The molecule has 2 rings (SSSR count). The molecule has 1 aromatic heterocycles. The summed E-state index contributed by atoms with van der Waals surface area (Å²) in [5.74, 6) is -2.35. The highest BCUT2D eigenvalue weighted by atomic mass is 35.5. The van der Waals surface area contributed by atoms with Crippen LogP contribution in [-0.4, -0.2) is 27.1 Å². The minimum atomic E-state index is -0.860. The van der Waals surface area contributed by atoms with E-state index in [9.17, 15) is 14.4 Å². The number of hydrazine groups is 1. The van der Waals surface area contributed by atoms with Crippen LogP contribution in [0.15, 0.2) is 15.4 Å². The highest BCUT2D eigenvalue weighted by molar-refractivity contribution is 7.03. The third-order valence-corrected chi connectivity index (χ3v) is 3.70. The predicted molar refractivity (Wildman–Crippen MR) is 64.9 cm³/mol. The maximum absolute atomic E-state index is 11.8. The van der Waals surface area contributed by atoms with Gasteiger partial charge < -0.3 is 0 Å². The molecule has 1 N–H and O–H groups in total. The molecule has 94 valence electrons. The first-order valence-electron chi connectivity index (χ1n) is 4.59. The van der Waals surface area contributed by atoms with Gasteiger partial charge in [0.15, 0.2) is 0 Å². The molecule has 0 saturated carbocycles. The molecule has 2 heterocycles. The summed E-state index contributed by atoms with van der Waals surface area (Å²) in [7, 11) is 0. The average Bonchev–Trinajstić information content (AvgIpc) is 2.84. The van der Waals surface area contributed by atoms with Gasteiger partial charge in [-0.1, -0.05) is 23.2 Å². The number of halogens is 2. The highest BCUT2D eigenvalue weighted by Crippen LogP contribution is 2.25. The van der Waals surface area contributed by atoms with Crippen LogP contribution in [0.5, 0.6) is 0 Å². The molecule has 9 heteroatoms. The van der Waals surface area contributed by atoms with Crippen LogP contribution in [0.4, 0.5) is 0 Å². The summed E-state index contributed by atoms with van der Waals surface area (Å²) in [6.07, 6.45) is 0. The Kier molecular flexibility index (Phi) is 3.38. The molecular formula is C9H5Cl2N3O3S. The molecule has 0 spiro atoms. The number of imide groups is 1. The summed E-state index contributed by atoms with van der Waals surface area (Å²) in [5, 5.41) is 1.15. The number of aryl methyl sites for hydroxylation is 1. The molecule has 0 aromatic carbocycles. The maximum Gasteiger partial charge on any atom is 0.293 e. The Labute approximate surface area is 115 Å². The standard InChI is InChI=1S/C9H5Cl2N3O3S/c1-3-4(2-18-13-3)7(15)12-14-8(16)5(10)6(11)9(14)17/h2H,1H3,(H,12,15). The molecular weight excluding hydrogens is 301 g/mol. The van der Waals surface area contributed by atoms with Crippen molar-refractivity contribution in [3.63, 3.8) is 0 Å². The van der Waals surface area contributed by atoms with Gasteiger partial charge >= 0.3 is 0 Å². The Morgan fingerprint density at radius 1 is 1.33 bits per heavy atom. The number of carbonyl (C=O) groups excluding carboxylic acids is 3. The fourth-order valence-corrected chi connectivity index (χ4v) is 2.27. The number of amides is 3. The second-order valence-electron chi connectivity index (χ2n) is 3.33. The van der Waals surface area contributed by atoms with Gasteiger partial charge in [0, 0.05) is 5.38 Å². The zero-order valence-corrected chi connectivity index (χ0v) is 11.2. The van der Waals surface area contributed by atoms with Crippen molar-refractivity contribution in [2.45, 2.75) is 6.92 Å². The van der Waals surface area contributed by atoms with Gasteiger partial charge in [-0.05, 0) is 18.5 Å². The Morgan fingerprint density at radius 3 is 2.33 bits per heavy atom. The number of nitrogens with zero attached hydrogens (tertiary/aromatic N) is 2. The molecule has 0 saturated heterocycles. The minimum Gasteiger partial charge on any atom is -0.267 e. The summed E-state index contributed by atoms with van der Waals surface area (Å²) in [6.45, 7) is 1.64. The number of hydrogen-bond acceptors (Lipinski definition) is 5. The van der Waals surface area contributed by atoms with Crippen LogP contribution in [0.25, 0.3) is 0 Å². The largest absolute Gasteiger partial charge is 0.293 e. The molecule has 0 atom stereocenters. The summed E-state index contributed by atoms with van der Waals surface area (Å²) >= 11 is 12.1. The molecule has 1 aromatic rings. The Morgan fingerprint density at radius 2 is 1.89 bits per heavy atom. The van der Waals surface area contributed by atoms with E-state index >= 15 is 0 Å². The fourth-order valence-electron chi connectivity index (χ4n) is 1.25.